The molecule has 0 radical (unpaired) electrons. The highest BCUT2D eigenvalue weighted by atomic mass is 16.5. The SMILES string of the molecule is COc1cc(OCNC=O)c2c(c1)[nH]c1cccc(C(=O)NCc3ccccc3)c12. The van der Waals surface area contributed by atoms with Gasteiger partial charge in [-0.1, -0.05) is 36.4 Å². The summed E-state index contributed by atoms with van der Waals surface area (Å²) in [5.41, 5.74) is 3.13. The van der Waals surface area contributed by atoms with Crippen LogP contribution in [-0.4, -0.2) is 31.1 Å². The lowest BCUT2D eigenvalue weighted by Crippen LogP contribution is -2.23. The minimum Gasteiger partial charge on any atom is -0.497 e. The maximum absolute atomic E-state index is 13.0. The minimum atomic E-state index is -0.182. The summed E-state index contributed by atoms with van der Waals surface area (Å²) in [5, 5.41) is 6.97. The monoisotopic (exact) mass is 403 g/mol. The molecule has 0 unspecified atom stereocenters. The molecule has 7 heteroatoms. The molecule has 0 aliphatic heterocycles. The van der Waals surface area contributed by atoms with Gasteiger partial charge in [0.25, 0.3) is 5.91 Å². The highest BCUT2D eigenvalue weighted by molar-refractivity contribution is 6.19. The first-order valence-corrected chi connectivity index (χ1v) is 9.45. The maximum atomic E-state index is 13.0. The lowest BCUT2D eigenvalue weighted by Gasteiger charge is -2.11. The first-order chi connectivity index (χ1) is 14.7. The van der Waals surface area contributed by atoms with E-state index in [1.807, 2.05) is 48.5 Å². The summed E-state index contributed by atoms with van der Waals surface area (Å²) in [5.74, 6) is 0.927. The van der Waals surface area contributed by atoms with Crippen molar-refractivity contribution in [2.24, 2.45) is 0 Å². The number of carbonyl (C=O) groups is 2. The average molecular weight is 403 g/mol. The zero-order valence-electron chi connectivity index (χ0n) is 16.4. The molecule has 4 aromatic rings. The first-order valence-electron chi connectivity index (χ1n) is 9.45. The number of hydrogen-bond acceptors (Lipinski definition) is 4. The topological polar surface area (TPSA) is 92.5 Å². The third-order valence-corrected chi connectivity index (χ3v) is 4.83. The Bertz CT molecular complexity index is 1200. The highest BCUT2D eigenvalue weighted by Crippen LogP contribution is 2.38. The number of methoxy groups -OCH3 is 1. The molecular weight excluding hydrogens is 382 g/mol. The van der Waals surface area contributed by atoms with E-state index in [0.29, 0.717) is 30.0 Å². The molecule has 3 N–H and O–H groups in total. The van der Waals surface area contributed by atoms with Crippen LogP contribution in [0.3, 0.4) is 0 Å². The zero-order valence-corrected chi connectivity index (χ0v) is 16.4. The molecule has 0 atom stereocenters. The summed E-state index contributed by atoms with van der Waals surface area (Å²) in [6.07, 6.45) is 0.565. The molecule has 0 saturated heterocycles. The molecule has 7 nitrogen and oxygen atoms in total. The van der Waals surface area contributed by atoms with Crippen molar-refractivity contribution in [3.8, 4) is 11.5 Å². The van der Waals surface area contributed by atoms with E-state index in [2.05, 4.69) is 15.6 Å². The van der Waals surface area contributed by atoms with Crippen LogP contribution < -0.4 is 20.1 Å². The number of aromatic nitrogens is 1. The number of carbonyl (C=O) groups excluding carboxylic acids is 2. The summed E-state index contributed by atoms with van der Waals surface area (Å²) in [7, 11) is 1.57. The number of amides is 2. The molecule has 0 saturated carbocycles. The molecule has 152 valence electrons. The van der Waals surface area contributed by atoms with Crippen molar-refractivity contribution in [3.05, 3.63) is 71.8 Å². The van der Waals surface area contributed by atoms with Crippen LogP contribution in [0, 0.1) is 0 Å². The second kappa shape index (κ2) is 8.57. The molecule has 0 fully saturated rings. The van der Waals surface area contributed by atoms with Crippen LogP contribution in [-0.2, 0) is 11.3 Å². The number of rotatable bonds is 8. The van der Waals surface area contributed by atoms with Crippen molar-refractivity contribution >= 4 is 34.1 Å². The summed E-state index contributed by atoms with van der Waals surface area (Å²) < 4.78 is 11.1. The van der Waals surface area contributed by atoms with E-state index in [4.69, 9.17) is 9.47 Å². The van der Waals surface area contributed by atoms with Crippen molar-refractivity contribution < 1.29 is 19.1 Å². The van der Waals surface area contributed by atoms with Crippen LogP contribution in [0.25, 0.3) is 21.8 Å². The number of benzene rings is 3. The van der Waals surface area contributed by atoms with Crippen molar-refractivity contribution in [1.29, 1.82) is 0 Å². The Morgan fingerprint density at radius 2 is 1.87 bits per heavy atom. The molecule has 0 spiro atoms. The lowest BCUT2D eigenvalue weighted by atomic mass is 10.0. The third-order valence-electron chi connectivity index (χ3n) is 4.83. The van der Waals surface area contributed by atoms with E-state index >= 15 is 0 Å². The third kappa shape index (κ3) is 3.77. The van der Waals surface area contributed by atoms with Gasteiger partial charge >= 0.3 is 0 Å². The van der Waals surface area contributed by atoms with Gasteiger partial charge in [-0.05, 0) is 17.7 Å². The van der Waals surface area contributed by atoms with E-state index in [1.165, 1.54) is 0 Å². The fraction of sp³-hybridized carbons (Fsp3) is 0.130. The highest BCUT2D eigenvalue weighted by Gasteiger charge is 2.18. The summed E-state index contributed by atoms with van der Waals surface area (Å²) in [4.78, 5) is 26.9. The van der Waals surface area contributed by atoms with E-state index in [-0.39, 0.29) is 12.6 Å². The quantitative estimate of drug-likeness (QED) is 0.239. The molecule has 1 heterocycles. The number of hydrogen-bond donors (Lipinski definition) is 3. The second-order valence-corrected chi connectivity index (χ2v) is 6.68. The zero-order chi connectivity index (χ0) is 20.9. The number of H-pyrrole nitrogens is 1. The summed E-state index contributed by atoms with van der Waals surface area (Å²) in [6.45, 7) is 0.430. The summed E-state index contributed by atoms with van der Waals surface area (Å²) in [6, 6.07) is 18.8. The van der Waals surface area contributed by atoms with Gasteiger partial charge < -0.3 is 25.1 Å². The van der Waals surface area contributed by atoms with Crippen LogP contribution >= 0.6 is 0 Å². The number of nitrogens with one attached hydrogen (secondary N) is 3. The van der Waals surface area contributed by atoms with Gasteiger partial charge in [0, 0.05) is 35.1 Å². The Kier molecular flexibility index (Phi) is 5.52. The number of fused-ring (bicyclic) bond motifs is 3. The van der Waals surface area contributed by atoms with Gasteiger partial charge in [0.1, 0.15) is 11.5 Å². The average Bonchev–Trinajstić information content (AvgIpc) is 3.17. The van der Waals surface area contributed by atoms with E-state index < -0.39 is 0 Å². The Morgan fingerprint density at radius 1 is 1.03 bits per heavy atom. The predicted molar refractivity (Wildman–Crippen MR) is 115 cm³/mol. The molecule has 2 amide bonds. The molecule has 0 aliphatic carbocycles. The predicted octanol–water partition coefficient (Wildman–Crippen LogP) is 3.34. The lowest BCUT2D eigenvalue weighted by molar-refractivity contribution is -0.110. The molecule has 4 rings (SSSR count). The molecule has 0 bridgehead atoms. The smallest absolute Gasteiger partial charge is 0.252 e. The fourth-order valence-electron chi connectivity index (χ4n) is 3.47. The molecule has 30 heavy (non-hydrogen) atoms. The number of ether oxygens (including phenoxy) is 2. The van der Waals surface area contributed by atoms with E-state index in [0.717, 1.165) is 27.4 Å². The normalized spacial score (nSPS) is 10.7. The Hall–Kier alpha value is -4.00. The van der Waals surface area contributed by atoms with Gasteiger partial charge in [0.05, 0.1) is 18.0 Å². The Balaban J connectivity index is 1.77. The minimum absolute atomic E-state index is 0.000805. The van der Waals surface area contributed by atoms with Crippen LogP contribution in [0.4, 0.5) is 0 Å². The van der Waals surface area contributed by atoms with Gasteiger partial charge in [-0.15, -0.1) is 0 Å². The molecule has 1 aromatic heterocycles. The Labute approximate surface area is 173 Å². The van der Waals surface area contributed by atoms with Crippen molar-refractivity contribution in [3.63, 3.8) is 0 Å². The van der Waals surface area contributed by atoms with Crippen LogP contribution in [0.1, 0.15) is 15.9 Å². The van der Waals surface area contributed by atoms with E-state index in [9.17, 15) is 9.59 Å². The van der Waals surface area contributed by atoms with Gasteiger partial charge in [0.2, 0.25) is 6.41 Å². The maximum Gasteiger partial charge on any atom is 0.252 e. The van der Waals surface area contributed by atoms with Gasteiger partial charge in [0.15, 0.2) is 6.73 Å². The van der Waals surface area contributed by atoms with Crippen LogP contribution in [0.2, 0.25) is 0 Å². The second-order valence-electron chi connectivity index (χ2n) is 6.68. The molecule has 3 aromatic carbocycles. The first kappa shape index (κ1) is 19.3. The van der Waals surface area contributed by atoms with Crippen molar-refractivity contribution in [2.45, 2.75) is 6.54 Å². The van der Waals surface area contributed by atoms with Crippen LogP contribution in [0.15, 0.2) is 60.7 Å². The molecule has 0 aliphatic rings. The van der Waals surface area contributed by atoms with Crippen molar-refractivity contribution in [2.75, 3.05) is 13.8 Å². The van der Waals surface area contributed by atoms with Gasteiger partial charge in [-0.3, -0.25) is 9.59 Å². The van der Waals surface area contributed by atoms with Crippen LogP contribution in [0.5, 0.6) is 11.5 Å². The number of aromatic amines is 1. The van der Waals surface area contributed by atoms with Gasteiger partial charge in [-0.25, -0.2) is 0 Å². The van der Waals surface area contributed by atoms with Gasteiger partial charge in [-0.2, -0.15) is 0 Å². The largest absolute Gasteiger partial charge is 0.497 e. The molecular formula is C23H21N3O4. The fourth-order valence-corrected chi connectivity index (χ4v) is 3.47. The standard InChI is InChI=1S/C23H21N3O4/c1-29-16-10-19-22(20(11-16)30-14-24-13-27)21-17(8-5-9-18(21)26-19)23(28)25-12-15-6-3-2-4-7-15/h2-11,13,26H,12,14H2,1H3,(H,24,27)(H,25,28). The van der Waals surface area contributed by atoms with Crippen molar-refractivity contribution in [1.82, 2.24) is 15.6 Å². The van der Waals surface area contributed by atoms with E-state index in [1.54, 1.807) is 19.2 Å². The Morgan fingerprint density at radius 3 is 2.63 bits per heavy atom. The summed E-state index contributed by atoms with van der Waals surface area (Å²) >= 11 is 0.